The van der Waals surface area contributed by atoms with Crippen molar-refractivity contribution in [1.82, 2.24) is 4.72 Å². The highest BCUT2D eigenvalue weighted by molar-refractivity contribution is 7.91. The first kappa shape index (κ1) is 12.4. The Balaban J connectivity index is 2.79. The van der Waals surface area contributed by atoms with Gasteiger partial charge in [-0.1, -0.05) is 13.8 Å². The van der Waals surface area contributed by atoms with Gasteiger partial charge in [0.15, 0.2) is 0 Å². The van der Waals surface area contributed by atoms with Gasteiger partial charge in [-0.2, -0.15) is 0 Å². The highest BCUT2D eigenvalue weighted by Gasteiger charge is 2.51. The Hall–Kier alpha value is -0.620. The molecule has 0 amide bonds. The molecule has 1 fully saturated rings. The third-order valence-corrected chi connectivity index (χ3v) is 5.09. The molecule has 0 radical (unpaired) electrons. The minimum Gasteiger partial charge on any atom is -0.480 e. The predicted molar refractivity (Wildman–Crippen MR) is 56.0 cm³/mol. The molecular formula is C9H17NO4S. The van der Waals surface area contributed by atoms with Gasteiger partial charge in [-0.3, -0.25) is 4.79 Å². The van der Waals surface area contributed by atoms with Gasteiger partial charge in [-0.15, -0.1) is 0 Å². The van der Waals surface area contributed by atoms with E-state index in [9.17, 15) is 13.2 Å². The molecule has 0 aromatic rings. The summed E-state index contributed by atoms with van der Waals surface area (Å²) in [4.78, 5) is 10.8. The summed E-state index contributed by atoms with van der Waals surface area (Å²) in [7, 11) is -3.51. The monoisotopic (exact) mass is 235 g/mol. The van der Waals surface area contributed by atoms with Gasteiger partial charge in [-0.25, -0.2) is 13.1 Å². The van der Waals surface area contributed by atoms with Crippen molar-refractivity contribution in [2.75, 3.05) is 0 Å². The summed E-state index contributed by atoms with van der Waals surface area (Å²) in [5, 5.41) is 8.87. The third kappa shape index (κ3) is 2.49. The normalized spacial score (nSPS) is 21.3. The summed E-state index contributed by atoms with van der Waals surface area (Å²) in [6.45, 7) is 4.99. The van der Waals surface area contributed by atoms with Crippen LogP contribution in [-0.2, 0) is 14.8 Å². The molecule has 0 saturated heterocycles. The molecule has 88 valence electrons. The number of sulfonamides is 1. The van der Waals surface area contributed by atoms with Crippen LogP contribution >= 0.6 is 0 Å². The molecule has 1 rings (SSSR count). The number of hydrogen-bond acceptors (Lipinski definition) is 3. The topological polar surface area (TPSA) is 83.5 Å². The van der Waals surface area contributed by atoms with Crippen molar-refractivity contribution in [3.05, 3.63) is 0 Å². The Labute approximate surface area is 89.9 Å². The van der Waals surface area contributed by atoms with Crippen LogP contribution < -0.4 is 4.72 Å². The van der Waals surface area contributed by atoms with Gasteiger partial charge in [0.2, 0.25) is 10.0 Å². The molecular weight excluding hydrogens is 218 g/mol. The van der Waals surface area contributed by atoms with E-state index in [1.54, 1.807) is 20.8 Å². The van der Waals surface area contributed by atoms with Gasteiger partial charge in [0.1, 0.15) is 6.04 Å². The Morgan fingerprint density at radius 1 is 1.40 bits per heavy atom. The lowest BCUT2D eigenvalue weighted by Crippen LogP contribution is -2.47. The largest absolute Gasteiger partial charge is 0.480 e. The maximum atomic E-state index is 11.8. The van der Waals surface area contributed by atoms with E-state index < -0.39 is 26.8 Å². The fraction of sp³-hybridized carbons (Fsp3) is 0.889. The van der Waals surface area contributed by atoms with Crippen LogP contribution in [0.4, 0.5) is 0 Å². The molecule has 1 saturated carbocycles. The Morgan fingerprint density at radius 2 is 1.87 bits per heavy atom. The number of nitrogens with one attached hydrogen (secondary N) is 1. The second kappa shape index (κ2) is 3.75. The van der Waals surface area contributed by atoms with Gasteiger partial charge in [-0.05, 0) is 25.7 Å². The molecule has 0 bridgehead atoms. The first-order valence-electron chi connectivity index (χ1n) is 4.94. The molecule has 0 heterocycles. The maximum absolute atomic E-state index is 11.8. The van der Waals surface area contributed by atoms with Gasteiger partial charge >= 0.3 is 5.97 Å². The minimum absolute atomic E-state index is 0.264. The lowest BCUT2D eigenvalue weighted by molar-refractivity contribution is -0.140. The summed E-state index contributed by atoms with van der Waals surface area (Å²) in [5.74, 6) is -1.39. The average molecular weight is 235 g/mol. The molecule has 1 aliphatic rings. The number of carbonyl (C=O) groups is 1. The zero-order chi connectivity index (χ0) is 11.9. The van der Waals surface area contributed by atoms with E-state index in [1.165, 1.54) is 0 Å². The first-order valence-corrected chi connectivity index (χ1v) is 6.42. The lowest BCUT2D eigenvalue weighted by atomic mass is 10.1. The molecule has 5 nitrogen and oxygen atoms in total. The minimum atomic E-state index is -3.51. The van der Waals surface area contributed by atoms with E-state index in [0.29, 0.717) is 12.8 Å². The van der Waals surface area contributed by atoms with Gasteiger partial charge in [0.05, 0.1) is 4.75 Å². The highest BCUT2D eigenvalue weighted by Crippen LogP contribution is 2.42. The van der Waals surface area contributed by atoms with Crippen molar-refractivity contribution >= 4 is 16.0 Å². The molecule has 6 heteroatoms. The van der Waals surface area contributed by atoms with Crippen LogP contribution in [-0.4, -0.2) is 30.3 Å². The Morgan fingerprint density at radius 3 is 2.13 bits per heavy atom. The predicted octanol–water partition coefficient (Wildman–Crippen LogP) is 0.567. The van der Waals surface area contributed by atoms with Crippen LogP contribution in [0, 0.1) is 5.92 Å². The lowest BCUT2D eigenvalue weighted by Gasteiger charge is -2.20. The van der Waals surface area contributed by atoms with E-state index in [4.69, 9.17) is 5.11 Å². The summed E-state index contributed by atoms with van der Waals surface area (Å²) in [6, 6.07) is -1.03. The van der Waals surface area contributed by atoms with E-state index in [-0.39, 0.29) is 5.92 Å². The molecule has 0 aromatic heterocycles. The molecule has 15 heavy (non-hydrogen) atoms. The molecule has 1 atom stereocenters. The van der Waals surface area contributed by atoms with E-state index in [2.05, 4.69) is 4.72 Å². The van der Waals surface area contributed by atoms with Crippen molar-refractivity contribution in [3.8, 4) is 0 Å². The van der Waals surface area contributed by atoms with Gasteiger partial charge in [0.25, 0.3) is 0 Å². The van der Waals surface area contributed by atoms with Crippen molar-refractivity contribution in [3.63, 3.8) is 0 Å². The van der Waals surface area contributed by atoms with Crippen LogP contribution in [0.25, 0.3) is 0 Å². The fourth-order valence-electron chi connectivity index (χ4n) is 1.23. The van der Waals surface area contributed by atoms with E-state index >= 15 is 0 Å². The van der Waals surface area contributed by atoms with Crippen LogP contribution in [0.15, 0.2) is 0 Å². The van der Waals surface area contributed by atoms with Crippen molar-refractivity contribution in [2.45, 2.75) is 44.4 Å². The van der Waals surface area contributed by atoms with Crippen molar-refractivity contribution < 1.29 is 18.3 Å². The molecule has 0 spiro atoms. The summed E-state index contributed by atoms with van der Waals surface area (Å²) in [5.41, 5.74) is 0. The van der Waals surface area contributed by atoms with Gasteiger partial charge in [0, 0.05) is 0 Å². The van der Waals surface area contributed by atoms with E-state index in [0.717, 1.165) is 0 Å². The fourth-order valence-corrected chi connectivity index (χ4v) is 2.86. The Kier molecular flexibility index (Phi) is 3.11. The SMILES string of the molecule is CC(C)[C@H](NS(=O)(=O)C1(C)CC1)C(=O)O. The number of carboxylic acid groups (broad SMARTS) is 1. The second-order valence-corrected chi connectivity index (χ2v) is 6.86. The van der Waals surface area contributed by atoms with Crippen LogP contribution in [0.5, 0.6) is 0 Å². The van der Waals surface area contributed by atoms with Crippen LogP contribution in [0.3, 0.4) is 0 Å². The Bertz CT molecular complexity index is 356. The summed E-state index contributed by atoms with van der Waals surface area (Å²) >= 11 is 0. The standard InChI is InChI=1S/C9H17NO4S/c1-6(2)7(8(11)12)10-15(13,14)9(3)4-5-9/h6-7,10H,4-5H2,1-3H3,(H,11,12)/t7-/m0/s1. The smallest absolute Gasteiger partial charge is 0.321 e. The summed E-state index contributed by atoms with van der Waals surface area (Å²) in [6.07, 6.45) is 1.21. The molecule has 0 aliphatic heterocycles. The number of rotatable bonds is 5. The number of hydrogen-bond donors (Lipinski definition) is 2. The molecule has 2 N–H and O–H groups in total. The van der Waals surface area contributed by atoms with Crippen molar-refractivity contribution in [2.24, 2.45) is 5.92 Å². The second-order valence-electron chi connectivity index (χ2n) is 4.63. The average Bonchev–Trinajstić information content (AvgIpc) is 2.80. The molecule has 1 aliphatic carbocycles. The molecule has 0 unspecified atom stereocenters. The quantitative estimate of drug-likeness (QED) is 0.729. The van der Waals surface area contributed by atoms with Gasteiger partial charge < -0.3 is 5.11 Å². The van der Waals surface area contributed by atoms with Crippen LogP contribution in [0.1, 0.15) is 33.6 Å². The third-order valence-electron chi connectivity index (χ3n) is 2.82. The molecule has 0 aromatic carbocycles. The number of carboxylic acids is 1. The van der Waals surface area contributed by atoms with E-state index in [1.807, 2.05) is 0 Å². The van der Waals surface area contributed by atoms with Crippen LogP contribution in [0.2, 0.25) is 0 Å². The number of aliphatic carboxylic acids is 1. The highest BCUT2D eigenvalue weighted by atomic mass is 32.2. The zero-order valence-electron chi connectivity index (χ0n) is 9.15. The summed E-state index contributed by atoms with van der Waals surface area (Å²) < 4.78 is 25.0. The zero-order valence-corrected chi connectivity index (χ0v) is 9.97. The van der Waals surface area contributed by atoms with Crippen molar-refractivity contribution in [1.29, 1.82) is 0 Å². The maximum Gasteiger partial charge on any atom is 0.321 e. The first-order chi connectivity index (χ1) is 6.69.